The normalized spacial score (nSPS) is 11.8. The monoisotopic (exact) mass is 519 g/mol. The van der Waals surface area contributed by atoms with Gasteiger partial charge in [0.1, 0.15) is 0 Å². The smallest absolute Gasteiger partial charge is 0.337 e. The molecule has 0 bridgehead atoms. The summed E-state index contributed by atoms with van der Waals surface area (Å²) in [5.74, 6) is -1.40. The van der Waals surface area contributed by atoms with Crippen molar-refractivity contribution in [2.75, 3.05) is 5.32 Å². The molecule has 0 radical (unpaired) electrons. The molecule has 1 heterocycles. The zero-order chi connectivity index (χ0) is 25.8. The van der Waals surface area contributed by atoms with E-state index < -0.39 is 11.2 Å². The van der Waals surface area contributed by atoms with Crippen molar-refractivity contribution < 1.29 is 14.7 Å². The molecule has 0 aliphatic carbocycles. The Bertz CT molecular complexity index is 1340. The van der Waals surface area contributed by atoms with Crippen LogP contribution in [-0.2, 0) is 4.79 Å². The van der Waals surface area contributed by atoms with Gasteiger partial charge >= 0.3 is 5.97 Å². The quantitative estimate of drug-likeness (QED) is 0.213. The molecule has 0 spiro atoms. The number of aromatic carboxylic acids is 1. The number of nitrogens with zero attached hydrogens (tertiary/aromatic N) is 1. The lowest BCUT2D eigenvalue weighted by atomic mass is 10.0. The van der Waals surface area contributed by atoms with Gasteiger partial charge in [-0.25, -0.2) is 9.78 Å². The molecule has 184 valence electrons. The van der Waals surface area contributed by atoms with Gasteiger partial charge in [-0.2, -0.15) is 0 Å². The number of H-pyrrole nitrogens is 1. The fourth-order valence-corrected chi connectivity index (χ4v) is 4.81. The van der Waals surface area contributed by atoms with Crippen LogP contribution < -0.4 is 5.32 Å². The molecule has 6 nitrogen and oxygen atoms in total. The molecule has 0 aliphatic rings. The van der Waals surface area contributed by atoms with Gasteiger partial charge in [0.25, 0.3) is 0 Å². The Morgan fingerprint density at radius 2 is 1.61 bits per heavy atom. The first-order chi connectivity index (χ1) is 17.2. The number of amides is 1. The number of rotatable bonds is 8. The van der Waals surface area contributed by atoms with E-state index in [1.807, 2.05) is 32.9 Å². The van der Waals surface area contributed by atoms with E-state index in [1.165, 1.54) is 29.5 Å². The van der Waals surface area contributed by atoms with Crippen molar-refractivity contribution in [3.63, 3.8) is 0 Å². The van der Waals surface area contributed by atoms with Gasteiger partial charge in [0.2, 0.25) is 5.91 Å². The number of thioether (sulfide) groups is 1. The van der Waals surface area contributed by atoms with Crippen LogP contribution in [-0.4, -0.2) is 32.2 Å². The molecule has 0 saturated heterocycles. The number of aromatic amines is 1. The fraction of sp³-hybridized carbons (Fsp3) is 0.179. The topological polar surface area (TPSA) is 95.1 Å². The summed E-state index contributed by atoms with van der Waals surface area (Å²) < 4.78 is 0. The van der Waals surface area contributed by atoms with Crippen LogP contribution in [0.4, 0.5) is 5.69 Å². The van der Waals surface area contributed by atoms with Crippen molar-refractivity contribution in [2.24, 2.45) is 0 Å². The Hall–Kier alpha value is -3.55. The predicted octanol–water partition coefficient (Wildman–Crippen LogP) is 7.22. The molecule has 0 aliphatic heterocycles. The van der Waals surface area contributed by atoms with Crippen LogP contribution in [0.1, 0.15) is 34.8 Å². The van der Waals surface area contributed by atoms with Crippen molar-refractivity contribution in [1.29, 1.82) is 0 Å². The van der Waals surface area contributed by atoms with Gasteiger partial charge in [-0.05, 0) is 38.5 Å². The van der Waals surface area contributed by atoms with Gasteiger partial charge < -0.3 is 15.4 Å². The first-order valence-corrected chi connectivity index (χ1v) is 12.8. The molecule has 8 heteroatoms. The summed E-state index contributed by atoms with van der Waals surface area (Å²) in [4.78, 5) is 32.7. The highest BCUT2D eigenvalue weighted by atomic mass is 35.5. The summed E-state index contributed by atoms with van der Waals surface area (Å²) in [5.41, 5.74) is 6.35. The van der Waals surface area contributed by atoms with Crippen LogP contribution in [0.3, 0.4) is 0 Å². The first-order valence-electron chi connectivity index (χ1n) is 11.5. The Balaban J connectivity index is 1.62. The number of carboxylic acids is 1. The maximum Gasteiger partial charge on any atom is 0.337 e. The highest BCUT2D eigenvalue weighted by Crippen LogP contribution is 2.35. The summed E-state index contributed by atoms with van der Waals surface area (Å²) in [5, 5.41) is 12.4. The summed E-state index contributed by atoms with van der Waals surface area (Å²) >= 11 is 7.29. The van der Waals surface area contributed by atoms with Crippen LogP contribution in [0.15, 0.2) is 71.9 Å². The minimum absolute atomic E-state index is 0.0633. The molecule has 0 saturated carbocycles. The van der Waals surface area contributed by atoms with Crippen molar-refractivity contribution in [2.45, 2.75) is 37.6 Å². The molecule has 36 heavy (non-hydrogen) atoms. The van der Waals surface area contributed by atoms with E-state index in [4.69, 9.17) is 16.6 Å². The Kier molecular flexibility index (Phi) is 7.82. The maximum absolute atomic E-state index is 13.1. The second-order valence-corrected chi connectivity index (χ2v) is 10.1. The number of carbonyl (C=O) groups is 2. The molecule has 1 amide bonds. The zero-order valence-electron chi connectivity index (χ0n) is 20.1. The van der Waals surface area contributed by atoms with Crippen LogP contribution in [0.2, 0.25) is 5.02 Å². The van der Waals surface area contributed by atoms with E-state index >= 15 is 0 Å². The number of carbonyl (C=O) groups excluding carboxylic acids is 1. The number of hydrogen-bond acceptors (Lipinski definition) is 4. The second-order valence-electron chi connectivity index (χ2n) is 8.50. The molecule has 4 aromatic rings. The molecular weight excluding hydrogens is 494 g/mol. The molecule has 1 aromatic heterocycles. The molecule has 3 aromatic carbocycles. The van der Waals surface area contributed by atoms with Crippen molar-refractivity contribution in [3.05, 3.63) is 88.4 Å². The number of imidazole rings is 1. The standard InChI is InChI=1S/C28H26ClN3O3S/c1-4-23(26(33)30-20-13-14-22(29)21(15-20)27(34)35)36-28-31-24(18-9-5-16(2)6-10-18)25(32-28)19-11-7-17(3)8-12-19/h5-15,23H,4H2,1-3H3,(H,30,33)(H,31,32)(H,34,35). The minimum atomic E-state index is -1.15. The summed E-state index contributed by atoms with van der Waals surface area (Å²) in [6, 6.07) is 20.8. The summed E-state index contributed by atoms with van der Waals surface area (Å²) in [6.45, 7) is 6.01. The van der Waals surface area contributed by atoms with Gasteiger partial charge in [0.05, 0.1) is 27.2 Å². The highest BCUT2D eigenvalue weighted by molar-refractivity contribution is 8.00. The predicted molar refractivity (Wildman–Crippen MR) is 146 cm³/mol. The number of aryl methyl sites for hydroxylation is 2. The van der Waals surface area contributed by atoms with E-state index in [2.05, 4.69) is 46.7 Å². The number of hydrogen-bond donors (Lipinski definition) is 3. The number of carboxylic acid groups (broad SMARTS) is 1. The maximum atomic E-state index is 13.1. The van der Waals surface area contributed by atoms with Crippen molar-refractivity contribution in [1.82, 2.24) is 9.97 Å². The lowest BCUT2D eigenvalue weighted by Crippen LogP contribution is -2.24. The number of halogens is 1. The van der Waals surface area contributed by atoms with E-state index in [1.54, 1.807) is 6.07 Å². The van der Waals surface area contributed by atoms with Crippen LogP contribution >= 0.6 is 23.4 Å². The lowest BCUT2D eigenvalue weighted by molar-refractivity contribution is -0.115. The van der Waals surface area contributed by atoms with E-state index in [-0.39, 0.29) is 16.5 Å². The average Bonchev–Trinajstić information content (AvgIpc) is 3.28. The van der Waals surface area contributed by atoms with Crippen molar-refractivity contribution in [3.8, 4) is 22.5 Å². The van der Waals surface area contributed by atoms with Gasteiger partial charge in [-0.3, -0.25) is 4.79 Å². The van der Waals surface area contributed by atoms with Crippen molar-refractivity contribution >= 4 is 40.9 Å². The van der Waals surface area contributed by atoms with Gasteiger partial charge in [-0.1, -0.05) is 89.9 Å². The first kappa shape index (κ1) is 25.5. The van der Waals surface area contributed by atoms with Gasteiger partial charge in [0.15, 0.2) is 5.16 Å². The number of nitrogens with one attached hydrogen (secondary N) is 2. The molecule has 1 atom stereocenters. The molecule has 3 N–H and O–H groups in total. The van der Waals surface area contributed by atoms with Crippen LogP contribution in [0, 0.1) is 13.8 Å². The molecule has 1 unspecified atom stereocenters. The lowest BCUT2D eigenvalue weighted by Gasteiger charge is -2.14. The zero-order valence-corrected chi connectivity index (χ0v) is 21.7. The van der Waals surface area contributed by atoms with E-state index in [0.29, 0.717) is 17.3 Å². The number of benzene rings is 3. The fourth-order valence-electron chi connectivity index (χ4n) is 3.70. The third-order valence-corrected chi connectivity index (χ3v) is 7.31. The molecular formula is C28H26ClN3O3S. The van der Waals surface area contributed by atoms with Crippen LogP contribution in [0.5, 0.6) is 0 Å². The van der Waals surface area contributed by atoms with Gasteiger partial charge in [0, 0.05) is 16.8 Å². The average molecular weight is 520 g/mol. The highest BCUT2D eigenvalue weighted by Gasteiger charge is 2.23. The van der Waals surface area contributed by atoms with Crippen LogP contribution in [0.25, 0.3) is 22.5 Å². The second kappa shape index (κ2) is 11.0. The van der Waals surface area contributed by atoms with E-state index in [9.17, 15) is 14.7 Å². The largest absolute Gasteiger partial charge is 0.478 e. The third-order valence-electron chi connectivity index (χ3n) is 5.73. The SMILES string of the molecule is CCC(Sc1nc(-c2ccc(C)cc2)c(-c2ccc(C)cc2)[nH]1)C(=O)Nc1ccc(Cl)c(C(=O)O)c1. The number of anilines is 1. The molecule has 4 rings (SSSR count). The Morgan fingerprint density at radius 1 is 1.00 bits per heavy atom. The molecule has 0 fully saturated rings. The Morgan fingerprint density at radius 3 is 2.19 bits per heavy atom. The Labute approximate surface area is 219 Å². The number of aromatic nitrogens is 2. The summed E-state index contributed by atoms with van der Waals surface area (Å²) in [7, 11) is 0. The van der Waals surface area contributed by atoms with E-state index in [0.717, 1.165) is 28.1 Å². The third kappa shape index (κ3) is 5.80. The van der Waals surface area contributed by atoms with Gasteiger partial charge in [-0.15, -0.1) is 0 Å². The minimum Gasteiger partial charge on any atom is -0.478 e. The summed E-state index contributed by atoms with van der Waals surface area (Å²) in [6.07, 6.45) is 0.552.